The van der Waals surface area contributed by atoms with E-state index in [1.807, 2.05) is 0 Å². The minimum atomic E-state index is -0.0598. The largest absolute Gasteiger partial charge is 0.852 e. The number of rotatable bonds is 36. The number of carbonyl (C=O) groups excluding carboxylic acids is 1. The summed E-state index contributed by atoms with van der Waals surface area (Å²) in [5, 5.41) is 11.4. The summed E-state index contributed by atoms with van der Waals surface area (Å²) in [5.41, 5.74) is 0. The first-order valence-corrected chi connectivity index (χ1v) is 21.1. The van der Waals surface area contributed by atoms with Crippen LogP contribution in [0.15, 0.2) is 24.3 Å². The van der Waals surface area contributed by atoms with E-state index >= 15 is 0 Å². The quantitative estimate of drug-likeness (QED) is 0.0288. The van der Waals surface area contributed by atoms with Crippen LogP contribution in [0.5, 0.6) is 0 Å². The van der Waals surface area contributed by atoms with Gasteiger partial charge in [-0.1, -0.05) is 147 Å². The van der Waals surface area contributed by atoms with E-state index in [4.69, 9.17) is 4.74 Å². The molecule has 5 heteroatoms. The molecule has 1 aliphatic rings. The van der Waals surface area contributed by atoms with Gasteiger partial charge in [0.1, 0.15) is 26.2 Å². The van der Waals surface area contributed by atoms with Crippen molar-refractivity contribution < 1.29 is 19.2 Å². The molecule has 0 saturated carbocycles. The molecule has 0 saturated heterocycles. The Morgan fingerprint density at radius 1 is 0.646 bits per heavy atom. The Kier molecular flexibility index (Phi) is 32.6. The van der Waals surface area contributed by atoms with Crippen molar-refractivity contribution >= 4 is 11.8 Å². The lowest BCUT2D eigenvalue weighted by Gasteiger charge is -2.14. The summed E-state index contributed by atoms with van der Waals surface area (Å²) in [6.45, 7) is 8.14. The van der Waals surface area contributed by atoms with Crippen LogP contribution < -0.4 is 5.11 Å². The molecular weight excluding hydrogens is 592 g/mol. The van der Waals surface area contributed by atoms with E-state index in [-0.39, 0.29) is 12.6 Å². The predicted octanol–water partition coefficient (Wildman–Crippen LogP) is 11.1. The lowest BCUT2D eigenvalue weighted by molar-refractivity contribution is -0.550. The van der Waals surface area contributed by atoms with E-state index in [1.165, 1.54) is 166 Å². The van der Waals surface area contributed by atoms with E-state index in [0.717, 1.165) is 38.9 Å². The Morgan fingerprint density at radius 2 is 1.08 bits per heavy atom. The molecule has 0 amide bonds. The molecule has 280 valence electrons. The number of carbonyl (C=O) groups is 1. The van der Waals surface area contributed by atoms with Crippen LogP contribution in [0.3, 0.4) is 0 Å². The molecule has 1 heterocycles. The number of hydrogen-bond acceptors (Lipinski definition) is 4. The first-order valence-electron chi connectivity index (χ1n) is 21.1. The van der Waals surface area contributed by atoms with Crippen LogP contribution in [0, 0.1) is 0 Å². The molecule has 0 radical (unpaired) electrons. The number of hydrogen-bond donors (Lipinski definition) is 0. The van der Waals surface area contributed by atoms with Gasteiger partial charge in [0.25, 0.3) is 0 Å². The van der Waals surface area contributed by atoms with Crippen LogP contribution in [-0.2, 0) is 9.53 Å². The third-order valence-electron chi connectivity index (χ3n) is 9.91. The molecule has 0 aromatic carbocycles. The highest BCUT2D eigenvalue weighted by molar-refractivity contribution is 5.78. The molecule has 0 aromatic heterocycles. The van der Waals surface area contributed by atoms with Crippen molar-refractivity contribution in [2.24, 2.45) is 0 Å². The molecule has 0 spiro atoms. The van der Waals surface area contributed by atoms with Crippen LogP contribution >= 0.6 is 0 Å². The zero-order chi connectivity index (χ0) is 34.6. The Bertz CT molecular complexity index is 806. The Labute approximate surface area is 299 Å². The van der Waals surface area contributed by atoms with Gasteiger partial charge in [-0.15, -0.1) is 6.61 Å². The predicted molar refractivity (Wildman–Crippen MR) is 206 cm³/mol. The molecule has 48 heavy (non-hydrogen) atoms. The Balaban J connectivity index is 2.04. The maximum absolute atomic E-state index is 12.3. The third-order valence-corrected chi connectivity index (χ3v) is 9.91. The van der Waals surface area contributed by atoms with Crippen molar-refractivity contribution in [2.45, 2.75) is 200 Å². The van der Waals surface area contributed by atoms with Gasteiger partial charge in [0, 0.05) is 12.8 Å². The molecule has 1 aliphatic heterocycles. The Hall–Kier alpha value is -1.62. The lowest BCUT2D eigenvalue weighted by Crippen LogP contribution is -2.34. The van der Waals surface area contributed by atoms with Crippen molar-refractivity contribution in [1.82, 2.24) is 4.90 Å². The second-order valence-corrected chi connectivity index (χ2v) is 14.3. The highest BCUT2D eigenvalue weighted by Crippen LogP contribution is 2.14. The van der Waals surface area contributed by atoms with Crippen LogP contribution in [-0.4, -0.2) is 60.7 Å². The molecule has 0 unspecified atom stereocenters. The summed E-state index contributed by atoms with van der Waals surface area (Å²) in [7, 11) is 0. The Morgan fingerprint density at radius 3 is 1.56 bits per heavy atom. The number of ether oxygens (including phenoxy) is 1. The molecule has 0 atom stereocenters. The van der Waals surface area contributed by atoms with E-state index in [0.29, 0.717) is 19.6 Å². The third kappa shape index (κ3) is 27.2. The maximum atomic E-state index is 12.3. The van der Waals surface area contributed by atoms with Crippen molar-refractivity contribution in [3.8, 4) is 0 Å². The highest BCUT2D eigenvalue weighted by atomic mass is 16.5. The minimum Gasteiger partial charge on any atom is -0.852 e. The second kappa shape index (κ2) is 35.2. The zero-order valence-corrected chi connectivity index (χ0v) is 32.2. The normalized spacial score (nSPS) is 13.6. The fraction of sp³-hybridized carbons (Fsp3) is 0.860. The van der Waals surface area contributed by atoms with Gasteiger partial charge < -0.3 is 9.84 Å². The summed E-state index contributed by atoms with van der Waals surface area (Å²) in [6.07, 6.45) is 46.0. The standard InChI is InChI=1S/C43H80N2O3/c1-3-5-7-9-11-13-15-17-19-21-22-24-26-28-30-32-34-42-44(38-40-46)36-37-45(42)39-41-48-43(47)35-33-31-29-27-25-23-20-18-16-14-12-10-8-6-4-2/h17-20H,3-16,21-41H2,1-2H3/b19-17-,20-18-. The lowest BCUT2D eigenvalue weighted by atomic mass is 10.1. The van der Waals surface area contributed by atoms with Crippen LogP contribution in [0.2, 0.25) is 0 Å². The van der Waals surface area contributed by atoms with Gasteiger partial charge in [-0.3, -0.25) is 14.3 Å². The number of nitrogens with zero attached hydrogens (tertiary/aromatic N) is 2. The summed E-state index contributed by atoms with van der Waals surface area (Å²) in [5.74, 6) is 1.24. The number of amidine groups is 1. The van der Waals surface area contributed by atoms with Gasteiger partial charge >= 0.3 is 5.97 Å². The van der Waals surface area contributed by atoms with E-state index in [1.54, 1.807) is 0 Å². The minimum absolute atomic E-state index is 0.0573. The molecule has 0 aromatic rings. The van der Waals surface area contributed by atoms with E-state index < -0.39 is 0 Å². The molecule has 1 rings (SSSR count). The zero-order valence-electron chi connectivity index (χ0n) is 32.2. The SMILES string of the molecule is CCCCCCCC/C=C\CCCCCCCCC1=[N+](CC[O-])CCN1CCOC(=O)CCCCCCC/C=C\CCCCCCCC. The maximum Gasteiger partial charge on any atom is 0.305 e. The van der Waals surface area contributed by atoms with Gasteiger partial charge in [0.05, 0.1) is 6.54 Å². The van der Waals surface area contributed by atoms with Gasteiger partial charge in [0.2, 0.25) is 5.84 Å². The summed E-state index contributed by atoms with van der Waals surface area (Å²) >= 11 is 0. The topological polar surface area (TPSA) is 55.6 Å². The summed E-state index contributed by atoms with van der Waals surface area (Å²) < 4.78 is 7.89. The first kappa shape index (κ1) is 44.4. The molecule has 0 fully saturated rings. The molecule has 5 nitrogen and oxygen atoms in total. The number of esters is 1. The van der Waals surface area contributed by atoms with Crippen LogP contribution in [0.4, 0.5) is 0 Å². The van der Waals surface area contributed by atoms with Crippen molar-refractivity contribution in [2.75, 3.05) is 39.4 Å². The summed E-state index contributed by atoms with van der Waals surface area (Å²) in [4.78, 5) is 14.7. The fourth-order valence-electron chi connectivity index (χ4n) is 6.82. The fourth-order valence-corrected chi connectivity index (χ4v) is 6.82. The molecule has 0 bridgehead atoms. The van der Waals surface area contributed by atoms with Crippen LogP contribution in [0.1, 0.15) is 200 Å². The smallest absolute Gasteiger partial charge is 0.305 e. The van der Waals surface area contributed by atoms with Gasteiger partial charge in [-0.05, 0) is 64.2 Å². The number of unbranched alkanes of at least 4 members (excludes halogenated alkanes) is 23. The molecule has 0 aliphatic carbocycles. The second-order valence-electron chi connectivity index (χ2n) is 14.3. The molecular formula is C43H80N2O3. The van der Waals surface area contributed by atoms with Gasteiger partial charge in [0.15, 0.2) is 0 Å². The highest BCUT2D eigenvalue weighted by Gasteiger charge is 2.29. The molecule has 0 N–H and O–H groups in total. The van der Waals surface area contributed by atoms with Crippen molar-refractivity contribution in [1.29, 1.82) is 0 Å². The monoisotopic (exact) mass is 673 g/mol. The number of allylic oxidation sites excluding steroid dienone is 4. The van der Waals surface area contributed by atoms with Gasteiger partial charge in [-0.2, -0.15) is 0 Å². The van der Waals surface area contributed by atoms with Gasteiger partial charge in [-0.25, -0.2) is 0 Å². The average Bonchev–Trinajstić information content (AvgIpc) is 3.47. The van der Waals surface area contributed by atoms with Crippen molar-refractivity contribution in [3.63, 3.8) is 0 Å². The van der Waals surface area contributed by atoms with E-state index in [9.17, 15) is 9.90 Å². The van der Waals surface area contributed by atoms with Crippen molar-refractivity contribution in [3.05, 3.63) is 24.3 Å². The average molecular weight is 673 g/mol. The van der Waals surface area contributed by atoms with E-state index in [2.05, 4.69) is 47.6 Å². The summed E-state index contributed by atoms with van der Waals surface area (Å²) in [6, 6.07) is 0. The van der Waals surface area contributed by atoms with Crippen LogP contribution in [0.25, 0.3) is 0 Å². The first-order chi connectivity index (χ1) is 23.7.